The van der Waals surface area contributed by atoms with Gasteiger partial charge in [-0.25, -0.2) is 19.3 Å². The number of nitrogens with one attached hydrogen (secondary N) is 4. The van der Waals surface area contributed by atoms with Crippen LogP contribution in [-0.4, -0.2) is 99.2 Å². The molecule has 0 bridgehead atoms. The smallest absolute Gasteiger partial charge is 0.246 e. The molecule has 2 aromatic carbocycles. The lowest BCUT2D eigenvalue weighted by Crippen LogP contribution is -2.58. The van der Waals surface area contributed by atoms with Gasteiger partial charge in [0.2, 0.25) is 23.6 Å². The summed E-state index contributed by atoms with van der Waals surface area (Å²) in [5.74, 6) is -1.62. The second-order valence-electron chi connectivity index (χ2n) is 18.1. The van der Waals surface area contributed by atoms with E-state index >= 15 is 0 Å². The fourth-order valence-electron chi connectivity index (χ4n) is 8.46. The maximum absolute atomic E-state index is 14.7. The van der Waals surface area contributed by atoms with Crippen LogP contribution in [0, 0.1) is 23.6 Å². The first-order valence-corrected chi connectivity index (χ1v) is 24.4. The molecule has 67 heavy (non-hydrogen) atoms. The highest BCUT2D eigenvalue weighted by Gasteiger charge is 2.45. The molecule has 4 amide bonds. The fraction of sp³-hybridized carbons (Fsp3) is 0.438. The van der Waals surface area contributed by atoms with Crippen LogP contribution in [0.2, 0.25) is 5.02 Å². The van der Waals surface area contributed by atoms with Gasteiger partial charge < -0.3 is 40.7 Å². The number of hydrogen-bond donors (Lipinski definition) is 5. The topological polar surface area (TPSA) is 197 Å². The number of carbonyl (C=O) groups is 4. The Labute approximate surface area is 402 Å². The Morgan fingerprint density at radius 2 is 1.78 bits per heavy atom. The quantitative estimate of drug-likeness (QED) is 0.0568. The predicted octanol–water partition coefficient (Wildman–Crippen LogP) is 7.00. The van der Waals surface area contributed by atoms with Gasteiger partial charge in [-0.3, -0.25) is 19.2 Å². The van der Waals surface area contributed by atoms with Crippen LogP contribution < -0.4 is 26.0 Å². The highest BCUT2D eigenvalue weighted by atomic mass is 35.5. The normalized spacial score (nSPS) is 19.9. The number of aromatic nitrogens is 3. The Morgan fingerprint density at radius 3 is 2.48 bits per heavy atom. The van der Waals surface area contributed by atoms with E-state index < -0.39 is 59.2 Å². The standard InChI is InChI=1S/C48H56ClFN8O7S2/c1-29-41(67-28-54-29)31-13-11-30(12-14-31)25-53-43(61)36-23-33(59)26-58(36)44(62)42(47(2,3)4)57-39(60)27-64-21-19-51-45(63)48(24-32-7-5-10-38(55-32)56-46-52-20-22-66-46)17-15-34(16-18-48)65-37-9-6-8-35(49)40(37)50/h5-14,20,22,28,33-34,36,42,59H,15-19,21,23-27H2,1-4H3,(H,51,63)(H,53,61)(H,57,60)(H,52,55,56)/t33-,34?,36+,42-,48?/m1/s1. The van der Waals surface area contributed by atoms with Crippen molar-refractivity contribution in [2.75, 3.05) is 31.6 Å². The van der Waals surface area contributed by atoms with Gasteiger partial charge in [0.05, 0.1) is 45.3 Å². The number of halogens is 2. The summed E-state index contributed by atoms with van der Waals surface area (Å²) in [6.07, 6.45) is 2.66. The van der Waals surface area contributed by atoms with Crippen LogP contribution in [0.1, 0.15) is 69.8 Å². The summed E-state index contributed by atoms with van der Waals surface area (Å²) in [6, 6.07) is 16.0. The third-order valence-corrected chi connectivity index (χ3v) is 14.0. The maximum atomic E-state index is 14.7. The molecule has 7 rings (SSSR count). The number of aliphatic hydroxyl groups excluding tert-OH is 1. The Morgan fingerprint density at radius 1 is 1.01 bits per heavy atom. The molecule has 356 valence electrons. The minimum atomic E-state index is -1.04. The summed E-state index contributed by atoms with van der Waals surface area (Å²) >= 11 is 9.00. The van der Waals surface area contributed by atoms with Crippen molar-refractivity contribution in [1.82, 2.24) is 35.8 Å². The van der Waals surface area contributed by atoms with Crippen molar-refractivity contribution in [2.45, 2.75) is 97.1 Å². The van der Waals surface area contributed by atoms with Crippen LogP contribution in [-0.2, 0) is 36.9 Å². The molecule has 4 heterocycles. The van der Waals surface area contributed by atoms with Gasteiger partial charge in [0.1, 0.15) is 24.5 Å². The van der Waals surface area contributed by atoms with Crippen molar-refractivity contribution in [3.63, 3.8) is 0 Å². The first kappa shape index (κ1) is 49.4. The molecule has 0 radical (unpaired) electrons. The number of aryl methyl sites for hydroxylation is 1. The number of benzene rings is 2. The van der Waals surface area contributed by atoms with Crippen LogP contribution in [0.15, 0.2) is 77.8 Å². The van der Waals surface area contributed by atoms with Crippen LogP contribution in [0.3, 0.4) is 0 Å². The van der Waals surface area contributed by atoms with Gasteiger partial charge in [0.15, 0.2) is 16.7 Å². The van der Waals surface area contributed by atoms with Gasteiger partial charge in [0.25, 0.3) is 0 Å². The molecule has 19 heteroatoms. The minimum absolute atomic E-state index is 0.00277. The van der Waals surface area contributed by atoms with E-state index in [9.17, 15) is 28.7 Å². The zero-order valence-corrected chi connectivity index (χ0v) is 40.2. The number of rotatable bonds is 18. The van der Waals surface area contributed by atoms with Crippen molar-refractivity contribution in [3.05, 3.63) is 106 Å². The SMILES string of the molecule is Cc1ncsc1-c1ccc(CNC(=O)[C@@H]2C[C@@H](O)CN2C(=O)[C@@H](NC(=O)COCCNC(=O)C2(Cc3cccc(Nc4nccs4)n3)CCC(Oc3cccc(Cl)c3F)CC2)C(C)(C)C)cc1. The summed E-state index contributed by atoms with van der Waals surface area (Å²) in [5, 5.41) is 25.1. The van der Waals surface area contributed by atoms with Gasteiger partial charge in [-0.05, 0) is 73.4 Å². The number of aliphatic hydroxyl groups is 1. The number of likely N-dealkylation sites (tertiary alicyclic amines) is 1. The summed E-state index contributed by atoms with van der Waals surface area (Å²) in [4.78, 5) is 70.9. The lowest BCUT2D eigenvalue weighted by atomic mass is 9.69. The van der Waals surface area contributed by atoms with Gasteiger partial charge in [0, 0.05) is 49.7 Å². The molecule has 5 aromatic rings. The van der Waals surface area contributed by atoms with Crippen LogP contribution in [0.4, 0.5) is 15.3 Å². The molecule has 2 aliphatic rings. The van der Waals surface area contributed by atoms with Crippen LogP contribution in [0.5, 0.6) is 5.75 Å². The molecule has 1 aliphatic heterocycles. The highest BCUT2D eigenvalue weighted by molar-refractivity contribution is 7.13. The number of pyridine rings is 1. The van der Waals surface area contributed by atoms with E-state index in [0.717, 1.165) is 21.7 Å². The third-order valence-electron chi connectivity index (χ3n) is 12.1. The van der Waals surface area contributed by atoms with E-state index in [1.807, 2.05) is 54.8 Å². The molecule has 0 spiro atoms. The third kappa shape index (κ3) is 12.7. The molecule has 5 N–H and O–H groups in total. The summed E-state index contributed by atoms with van der Waals surface area (Å²) in [6.45, 7) is 7.25. The van der Waals surface area contributed by atoms with Gasteiger partial charge in [-0.2, -0.15) is 0 Å². The molecule has 3 aromatic heterocycles. The molecular formula is C48H56ClFN8O7S2. The van der Waals surface area contributed by atoms with E-state index in [0.29, 0.717) is 48.7 Å². The lowest BCUT2D eigenvalue weighted by molar-refractivity contribution is -0.144. The van der Waals surface area contributed by atoms with Crippen molar-refractivity contribution in [3.8, 4) is 16.2 Å². The number of thiazole rings is 2. The van der Waals surface area contributed by atoms with E-state index in [1.54, 1.807) is 49.9 Å². The Kier molecular flexibility index (Phi) is 16.3. The predicted molar refractivity (Wildman–Crippen MR) is 256 cm³/mol. The highest BCUT2D eigenvalue weighted by Crippen LogP contribution is 2.41. The largest absolute Gasteiger partial charge is 0.487 e. The average molecular weight is 976 g/mol. The molecule has 1 saturated carbocycles. The Hall–Kier alpha value is -5.53. The zero-order chi connectivity index (χ0) is 47.7. The number of nitrogens with zero attached hydrogens (tertiary/aromatic N) is 4. The minimum Gasteiger partial charge on any atom is -0.487 e. The van der Waals surface area contributed by atoms with Crippen LogP contribution >= 0.6 is 34.3 Å². The molecule has 1 saturated heterocycles. The number of carbonyl (C=O) groups excluding carboxylic acids is 4. The fourth-order valence-corrected chi connectivity index (χ4v) is 9.97. The van der Waals surface area contributed by atoms with Gasteiger partial charge in [-0.15, -0.1) is 22.7 Å². The number of hydrogen-bond acceptors (Lipinski definition) is 13. The summed E-state index contributed by atoms with van der Waals surface area (Å²) in [5.41, 5.74) is 3.72. The van der Waals surface area contributed by atoms with E-state index in [-0.39, 0.29) is 55.4 Å². The maximum Gasteiger partial charge on any atom is 0.246 e. The van der Waals surface area contributed by atoms with Crippen LogP contribution in [0.25, 0.3) is 10.4 Å². The molecule has 0 unspecified atom stereocenters. The van der Waals surface area contributed by atoms with E-state index in [4.69, 9.17) is 26.1 Å². The van der Waals surface area contributed by atoms with E-state index in [1.165, 1.54) is 28.4 Å². The van der Waals surface area contributed by atoms with Crippen molar-refractivity contribution in [2.24, 2.45) is 10.8 Å². The molecular weight excluding hydrogens is 919 g/mol. The summed E-state index contributed by atoms with van der Waals surface area (Å²) in [7, 11) is 0. The Bertz CT molecular complexity index is 2500. The average Bonchev–Trinajstić information content (AvgIpc) is 4.08. The van der Waals surface area contributed by atoms with Crippen molar-refractivity contribution in [1.29, 1.82) is 0 Å². The Balaban J connectivity index is 0.918. The molecule has 2 fully saturated rings. The molecule has 15 nitrogen and oxygen atoms in total. The number of β-amino-alcohol motifs (C(OH)–C–C–N with tert-alkyl or cyclic N) is 1. The number of ether oxygens (including phenoxy) is 2. The molecule has 1 aliphatic carbocycles. The second kappa shape index (κ2) is 22.1. The first-order valence-electron chi connectivity index (χ1n) is 22.2. The van der Waals surface area contributed by atoms with E-state index in [2.05, 4.69) is 31.2 Å². The number of amides is 4. The number of anilines is 2. The van der Waals surface area contributed by atoms with Crippen molar-refractivity contribution >= 4 is 68.9 Å². The van der Waals surface area contributed by atoms with Crippen molar-refractivity contribution < 1.29 is 38.1 Å². The second-order valence-corrected chi connectivity index (χ2v) is 20.2. The zero-order valence-electron chi connectivity index (χ0n) is 37.9. The van der Waals surface area contributed by atoms with Gasteiger partial charge in [-0.1, -0.05) is 68.8 Å². The van der Waals surface area contributed by atoms with Gasteiger partial charge >= 0.3 is 0 Å². The molecule has 3 atom stereocenters. The lowest BCUT2D eigenvalue weighted by Gasteiger charge is -2.39. The first-order chi connectivity index (χ1) is 32.1. The monoisotopic (exact) mass is 974 g/mol. The summed E-state index contributed by atoms with van der Waals surface area (Å²) < 4.78 is 26.4.